The van der Waals surface area contributed by atoms with Gasteiger partial charge in [-0.1, -0.05) is 26.0 Å². The highest BCUT2D eigenvalue weighted by Gasteiger charge is 2.37. The van der Waals surface area contributed by atoms with E-state index in [0.717, 1.165) is 11.0 Å². The molecule has 1 N–H and O–H groups in total. The molecule has 0 aliphatic carbocycles. The first-order valence-electron chi connectivity index (χ1n) is 10.3. The van der Waals surface area contributed by atoms with Gasteiger partial charge < -0.3 is 14.0 Å². The summed E-state index contributed by atoms with van der Waals surface area (Å²) in [5, 5.41) is 3.85. The van der Waals surface area contributed by atoms with Crippen LogP contribution in [0.25, 0.3) is 11.0 Å². The van der Waals surface area contributed by atoms with Gasteiger partial charge in [0.2, 0.25) is 5.82 Å². The molecule has 7 nitrogen and oxygen atoms in total. The Morgan fingerprint density at radius 3 is 2.67 bits per heavy atom. The average Bonchev–Trinajstić information content (AvgIpc) is 3.13. The van der Waals surface area contributed by atoms with Gasteiger partial charge in [0.25, 0.3) is 5.91 Å². The third kappa shape index (κ3) is 6.24. The van der Waals surface area contributed by atoms with E-state index in [1.165, 1.54) is 25.5 Å². The van der Waals surface area contributed by atoms with Gasteiger partial charge in [-0.15, -0.1) is 0 Å². The van der Waals surface area contributed by atoms with Crippen molar-refractivity contribution in [1.82, 2.24) is 15.0 Å². The fraction of sp³-hybridized carbons (Fsp3) is 0.348. The van der Waals surface area contributed by atoms with E-state index < -0.39 is 24.5 Å². The SMILES string of the molecule is COc1cc(/C=N/NC(=O)Cn2c(C(F)(F)F)nc3ccccc32)ccc1OCCC(C)C. The van der Waals surface area contributed by atoms with Crippen molar-refractivity contribution in [2.24, 2.45) is 11.0 Å². The Kier molecular flexibility index (Phi) is 7.57. The molecule has 33 heavy (non-hydrogen) atoms. The Labute approximate surface area is 189 Å². The first kappa shape index (κ1) is 24.1. The Balaban J connectivity index is 1.67. The van der Waals surface area contributed by atoms with Crippen LogP contribution in [0.4, 0.5) is 13.2 Å². The maximum absolute atomic E-state index is 13.4. The van der Waals surface area contributed by atoms with Gasteiger partial charge in [0.05, 0.1) is 31.0 Å². The van der Waals surface area contributed by atoms with Crippen molar-refractivity contribution in [3.63, 3.8) is 0 Å². The lowest BCUT2D eigenvalue weighted by Crippen LogP contribution is -2.26. The van der Waals surface area contributed by atoms with Gasteiger partial charge in [-0.3, -0.25) is 4.79 Å². The van der Waals surface area contributed by atoms with Crippen LogP contribution < -0.4 is 14.9 Å². The fourth-order valence-corrected chi connectivity index (χ4v) is 3.10. The number of nitrogens with one attached hydrogen (secondary N) is 1. The number of aromatic nitrogens is 2. The van der Waals surface area contributed by atoms with Crippen LogP contribution in [0.5, 0.6) is 11.5 Å². The second-order valence-corrected chi connectivity index (χ2v) is 7.74. The van der Waals surface area contributed by atoms with Crippen LogP contribution in [0.15, 0.2) is 47.6 Å². The van der Waals surface area contributed by atoms with Gasteiger partial charge >= 0.3 is 6.18 Å². The molecule has 2 aromatic carbocycles. The summed E-state index contributed by atoms with van der Waals surface area (Å²) in [7, 11) is 1.51. The van der Waals surface area contributed by atoms with E-state index in [0.29, 0.717) is 29.6 Å². The number of alkyl halides is 3. The monoisotopic (exact) mass is 462 g/mol. The van der Waals surface area contributed by atoms with E-state index in [4.69, 9.17) is 9.47 Å². The second-order valence-electron chi connectivity index (χ2n) is 7.74. The molecule has 1 aromatic heterocycles. The molecular weight excluding hydrogens is 437 g/mol. The van der Waals surface area contributed by atoms with Gasteiger partial charge in [-0.2, -0.15) is 18.3 Å². The molecule has 0 unspecified atom stereocenters. The van der Waals surface area contributed by atoms with Crippen molar-refractivity contribution in [3.05, 3.63) is 53.9 Å². The number of methoxy groups -OCH3 is 1. The van der Waals surface area contributed by atoms with Crippen LogP contribution in [-0.4, -0.2) is 35.4 Å². The van der Waals surface area contributed by atoms with Crippen LogP contribution >= 0.6 is 0 Å². The largest absolute Gasteiger partial charge is 0.493 e. The zero-order chi connectivity index (χ0) is 24.0. The minimum atomic E-state index is -4.70. The van der Waals surface area contributed by atoms with Crippen molar-refractivity contribution in [1.29, 1.82) is 0 Å². The summed E-state index contributed by atoms with van der Waals surface area (Å²) in [6.07, 6.45) is -2.42. The van der Waals surface area contributed by atoms with E-state index in [-0.39, 0.29) is 11.0 Å². The quantitative estimate of drug-likeness (QED) is 0.371. The molecule has 0 saturated heterocycles. The standard InChI is InChI=1S/C23H25F3N4O3/c1-15(2)10-11-33-19-9-8-16(12-20(19)32-3)13-27-29-21(31)14-30-18-7-5-4-6-17(18)28-22(30)23(24,25)26/h4-9,12-13,15H,10-11,14H2,1-3H3,(H,29,31)/b27-13+. The number of imidazole rings is 1. The van der Waals surface area contributed by atoms with Crippen molar-refractivity contribution in [3.8, 4) is 11.5 Å². The molecular formula is C23H25F3N4O3. The zero-order valence-corrected chi connectivity index (χ0v) is 18.5. The van der Waals surface area contributed by atoms with Gasteiger partial charge in [-0.05, 0) is 48.2 Å². The topological polar surface area (TPSA) is 77.7 Å². The van der Waals surface area contributed by atoms with E-state index >= 15 is 0 Å². The molecule has 0 fully saturated rings. The lowest BCUT2D eigenvalue weighted by atomic mass is 10.1. The number of hydrazone groups is 1. The van der Waals surface area contributed by atoms with Crippen LogP contribution in [0.2, 0.25) is 0 Å². The second kappa shape index (κ2) is 10.4. The number of para-hydroxylation sites is 2. The predicted molar refractivity (Wildman–Crippen MR) is 118 cm³/mol. The van der Waals surface area contributed by atoms with Gasteiger partial charge in [-0.25, -0.2) is 10.4 Å². The number of halogens is 3. The number of hydrogen-bond donors (Lipinski definition) is 1. The minimum absolute atomic E-state index is 0.156. The molecule has 0 aliphatic rings. The van der Waals surface area contributed by atoms with Gasteiger partial charge in [0.1, 0.15) is 6.54 Å². The summed E-state index contributed by atoms with van der Waals surface area (Å²) in [6, 6.07) is 11.3. The number of amides is 1. The maximum Gasteiger partial charge on any atom is 0.449 e. The number of fused-ring (bicyclic) bond motifs is 1. The van der Waals surface area contributed by atoms with Crippen molar-refractivity contribution < 1.29 is 27.4 Å². The number of benzene rings is 2. The molecule has 0 spiro atoms. The highest BCUT2D eigenvalue weighted by Crippen LogP contribution is 2.31. The molecule has 1 heterocycles. The Morgan fingerprint density at radius 1 is 1.21 bits per heavy atom. The van der Waals surface area contributed by atoms with E-state index in [1.54, 1.807) is 30.3 Å². The summed E-state index contributed by atoms with van der Waals surface area (Å²) in [5.74, 6) is -0.251. The van der Waals surface area contributed by atoms with E-state index in [9.17, 15) is 18.0 Å². The molecule has 0 bridgehead atoms. The smallest absolute Gasteiger partial charge is 0.449 e. The van der Waals surface area contributed by atoms with Crippen molar-refractivity contribution in [2.45, 2.75) is 33.0 Å². The summed E-state index contributed by atoms with van der Waals surface area (Å²) >= 11 is 0. The Morgan fingerprint density at radius 2 is 1.97 bits per heavy atom. The lowest BCUT2D eigenvalue weighted by Gasteiger charge is -2.12. The fourth-order valence-electron chi connectivity index (χ4n) is 3.10. The normalized spacial score (nSPS) is 12.0. The number of ether oxygens (including phenoxy) is 2. The van der Waals surface area contributed by atoms with Crippen LogP contribution in [-0.2, 0) is 17.5 Å². The number of nitrogens with zero attached hydrogens (tertiary/aromatic N) is 3. The molecule has 0 atom stereocenters. The number of rotatable bonds is 9. The van der Waals surface area contributed by atoms with E-state index in [1.807, 2.05) is 0 Å². The molecule has 0 radical (unpaired) electrons. The molecule has 3 rings (SSSR count). The van der Waals surface area contributed by atoms with Crippen LogP contribution in [0.3, 0.4) is 0 Å². The van der Waals surface area contributed by atoms with E-state index in [2.05, 4.69) is 29.4 Å². The third-order valence-electron chi connectivity index (χ3n) is 4.75. The maximum atomic E-state index is 13.4. The predicted octanol–water partition coefficient (Wildman–Crippen LogP) is 4.64. The van der Waals surface area contributed by atoms with Crippen molar-refractivity contribution >= 4 is 23.2 Å². The third-order valence-corrected chi connectivity index (χ3v) is 4.75. The number of carbonyl (C=O) groups excluding carboxylic acids is 1. The van der Waals surface area contributed by atoms with Crippen LogP contribution in [0, 0.1) is 5.92 Å². The number of hydrogen-bond acceptors (Lipinski definition) is 5. The summed E-state index contributed by atoms with van der Waals surface area (Å²) < 4.78 is 52.0. The highest BCUT2D eigenvalue weighted by atomic mass is 19.4. The molecule has 0 aliphatic heterocycles. The summed E-state index contributed by atoms with van der Waals surface area (Å²) in [5.41, 5.74) is 3.24. The average molecular weight is 462 g/mol. The summed E-state index contributed by atoms with van der Waals surface area (Å²) in [6.45, 7) is 4.18. The highest BCUT2D eigenvalue weighted by molar-refractivity contribution is 5.84. The molecule has 0 saturated carbocycles. The minimum Gasteiger partial charge on any atom is -0.493 e. The Hall–Kier alpha value is -3.56. The van der Waals surface area contributed by atoms with Gasteiger partial charge in [0.15, 0.2) is 11.5 Å². The number of carbonyl (C=O) groups is 1. The van der Waals surface area contributed by atoms with Gasteiger partial charge in [0, 0.05) is 0 Å². The summed E-state index contributed by atoms with van der Waals surface area (Å²) in [4.78, 5) is 15.9. The molecule has 1 amide bonds. The Bertz CT molecular complexity index is 1140. The lowest BCUT2D eigenvalue weighted by molar-refractivity contribution is -0.147. The molecule has 176 valence electrons. The van der Waals surface area contributed by atoms with Crippen LogP contribution in [0.1, 0.15) is 31.7 Å². The molecule has 3 aromatic rings. The first-order valence-corrected chi connectivity index (χ1v) is 10.3. The zero-order valence-electron chi connectivity index (χ0n) is 18.5. The van der Waals surface area contributed by atoms with Crippen molar-refractivity contribution in [2.75, 3.05) is 13.7 Å². The first-order chi connectivity index (χ1) is 15.7. The molecule has 10 heteroatoms.